The van der Waals surface area contributed by atoms with E-state index in [1.54, 1.807) is 0 Å². The second-order valence-electron chi connectivity index (χ2n) is 5.67. The third-order valence-electron chi connectivity index (χ3n) is 4.02. The standard InChI is InChI=1S/C16H28O5/c1-5-6-7-8-9-19-16-12(3)11(2)15(20-13(4)18)14(10-17)21-16/h5,11-12,14-17H,1,6-10H2,2-4H3/t11-,12?,14?,15-,16+/m1/s1. The monoisotopic (exact) mass is 300 g/mol. The Bertz CT molecular complexity index is 329. The largest absolute Gasteiger partial charge is 0.459 e. The zero-order valence-electron chi connectivity index (χ0n) is 13.3. The van der Waals surface area contributed by atoms with Crippen molar-refractivity contribution >= 4 is 5.97 Å². The van der Waals surface area contributed by atoms with Gasteiger partial charge in [-0.3, -0.25) is 4.79 Å². The summed E-state index contributed by atoms with van der Waals surface area (Å²) >= 11 is 0. The number of carbonyl (C=O) groups is 1. The van der Waals surface area contributed by atoms with Gasteiger partial charge >= 0.3 is 5.97 Å². The van der Waals surface area contributed by atoms with Gasteiger partial charge in [0, 0.05) is 25.4 Å². The molecule has 0 saturated carbocycles. The van der Waals surface area contributed by atoms with Crippen LogP contribution in [0, 0.1) is 11.8 Å². The summed E-state index contributed by atoms with van der Waals surface area (Å²) in [7, 11) is 0. The van der Waals surface area contributed by atoms with Crippen LogP contribution in [0.5, 0.6) is 0 Å². The molecule has 1 fully saturated rings. The Labute approximate surface area is 127 Å². The highest BCUT2D eigenvalue weighted by Crippen LogP contribution is 2.33. The van der Waals surface area contributed by atoms with Gasteiger partial charge in [-0.15, -0.1) is 6.58 Å². The molecule has 1 aliphatic heterocycles. The van der Waals surface area contributed by atoms with E-state index in [1.807, 2.05) is 19.9 Å². The second kappa shape index (κ2) is 9.18. The van der Waals surface area contributed by atoms with E-state index >= 15 is 0 Å². The lowest BCUT2D eigenvalue weighted by molar-refractivity contribution is -0.272. The van der Waals surface area contributed by atoms with Crippen LogP contribution in [0.25, 0.3) is 0 Å². The zero-order valence-corrected chi connectivity index (χ0v) is 13.3. The van der Waals surface area contributed by atoms with Crippen molar-refractivity contribution in [1.29, 1.82) is 0 Å². The van der Waals surface area contributed by atoms with Gasteiger partial charge in [0.05, 0.1) is 6.61 Å². The van der Waals surface area contributed by atoms with Crippen LogP contribution < -0.4 is 0 Å². The number of ether oxygens (including phenoxy) is 3. The van der Waals surface area contributed by atoms with E-state index in [2.05, 4.69) is 6.58 Å². The molecule has 0 aromatic heterocycles. The van der Waals surface area contributed by atoms with E-state index in [0.717, 1.165) is 19.3 Å². The van der Waals surface area contributed by atoms with Crippen LogP contribution in [0.2, 0.25) is 0 Å². The minimum atomic E-state index is -0.529. The first kappa shape index (κ1) is 18.1. The summed E-state index contributed by atoms with van der Waals surface area (Å²) in [4.78, 5) is 11.2. The predicted molar refractivity (Wildman–Crippen MR) is 79.6 cm³/mol. The van der Waals surface area contributed by atoms with Crippen molar-refractivity contribution in [2.24, 2.45) is 11.8 Å². The third-order valence-corrected chi connectivity index (χ3v) is 4.02. The Balaban J connectivity index is 2.53. The molecule has 1 rings (SSSR count). The molecule has 5 nitrogen and oxygen atoms in total. The van der Waals surface area contributed by atoms with Gasteiger partial charge in [-0.1, -0.05) is 19.9 Å². The van der Waals surface area contributed by atoms with E-state index in [0.29, 0.717) is 6.61 Å². The number of hydrogen-bond acceptors (Lipinski definition) is 5. The van der Waals surface area contributed by atoms with E-state index in [4.69, 9.17) is 14.2 Å². The fraction of sp³-hybridized carbons (Fsp3) is 0.812. The summed E-state index contributed by atoms with van der Waals surface area (Å²) in [6.45, 7) is 9.50. The first-order valence-corrected chi connectivity index (χ1v) is 7.67. The van der Waals surface area contributed by atoms with Crippen molar-refractivity contribution in [3.8, 4) is 0 Å². The Kier molecular flexibility index (Phi) is 7.93. The number of hydrogen-bond donors (Lipinski definition) is 1. The van der Waals surface area contributed by atoms with Gasteiger partial charge in [-0.25, -0.2) is 0 Å². The predicted octanol–water partition coefficient (Wildman–Crippen LogP) is 2.28. The van der Waals surface area contributed by atoms with Crippen molar-refractivity contribution in [3.05, 3.63) is 12.7 Å². The molecule has 0 spiro atoms. The SMILES string of the molecule is C=CCCCCO[C@H]1OC(CO)[C@H](OC(C)=O)[C@H](C)C1C. The molecule has 2 unspecified atom stereocenters. The first-order valence-electron chi connectivity index (χ1n) is 7.67. The lowest BCUT2D eigenvalue weighted by Crippen LogP contribution is -2.53. The van der Waals surface area contributed by atoms with Crippen molar-refractivity contribution in [3.63, 3.8) is 0 Å². The van der Waals surface area contributed by atoms with Crippen LogP contribution in [0.15, 0.2) is 12.7 Å². The van der Waals surface area contributed by atoms with Gasteiger partial charge in [0.15, 0.2) is 6.29 Å². The van der Waals surface area contributed by atoms with Gasteiger partial charge in [0.1, 0.15) is 12.2 Å². The number of rotatable bonds is 8. The summed E-state index contributed by atoms with van der Waals surface area (Å²) in [5, 5.41) is 9.45. The number of aliphatic hydroxyl groups excluding tert-OH is 1. The van der Waals surface area contributed by atoms with Crippen molar-refractivity contribution in [2.75, 3.05) is 13.2 Å². The molecule has 21 heavy (non-hydrogen) atoms. The second-order valence-corrected chi connectivity index (χ2v) is 5.67. The average Bonchev–Trinajstić information content (AvgIpc) is 2.45. The smallest absolute Gasteiger partial charge is 0.303 e. The Hall–Kier alpha value is -0.910. The quantitative estimate of drug-likeness (QED) is 0.423. The molecule has 1 heterocycles. The molecule has 122 valence electrons. The number of aliphatic hydroxyl groups is 1. The molecule has 0 aromatic carbocycles. The van der Waals surface area contributed by atoms with Crippen LogP contribution in [-0.4, -0.2) is 42.8 Å². The molecule has 0 aromatic rings. The van der Waals surface area contributed by atoms with Gasteiger partial charge in [0.2, 0.25) is 0 Å². The van der Waals surface area contributed by atoms with Gasteiger partial charge in [0.25, 0.3) is 0 Å². The van der Waals surface area contributed by atoms with Crippen LogP contribution in [-0.2, 0) is 19.0 Å². The molecule has 1 N–H and O–H groups in total. The number of carbonyl (C=O) groups excluding carboxylic acids is 1. The molecule has 0 aliphatic carbocycles. The van der Waals surface area contributed by atoms with Crippen molar-refractivity contribution in [2.45, 2.75) is 58.5 Å². The maximum absolute atomic E-state index is 11.2. The number of esters is 1. The highest BCUT2D eigenvalue weighted by molar-refractivity contribution is 5.66. The van der Waals surface area contributed by atoms with Crippen LogP contribution in [0.1, 0.15) is 40.0 Å². The molecule has 0 amide bonds. The van der Waals surface area contributed by atoms with Crippen molar-refractivity contribution in [1.82, 2.24) is 0 Å². The molecule has 5 heteroatoms. The number of allylic oxidation sites excluding steroid dienone is 1. The molecule has 1 saturated heterocycles. The van der Waals surface area contributed by atoms with E-state index in [9.17, 15) is 9.90 Å². The minimum absolute atomic E-state index is 0.0676. The fourth-order valence-corrected chi connectivity index (χ4v) is 2.56. The maximum Gasteiger partial charge on any atom is 0.303 e. The molecule has 0 radical (unpaired) electrons. The lowest BCUT2D eigenvalue weighted by Gasteiger charge is -2.43. The fourth-order valence-electron chi connectivity index (χ4n) is 2.56. The molecule has 0 bridgehead atoms. The average molecular weight is 300 g/mol. The Morgan fingerprint density at radius 3 is 2.62 bits per heavy atom. The topological polar surface area (TPSA) is 65.0 Å². The van der Waals surface area contributed by atoms with E-state index < -0.39 is 12.2 Å². The summed E-state index contributed by atoms with van der Waals surface area (Å²) in [5.41, 5.74) is 0. The highest BCUT2D eigenvalue weighted by Gasteiger charge is 2.43. The van der Waals surface area contributed by atoms with E-state index in [-0.39, 0.29) is 30.7 Å². The maximum atomic E-state index is 11.2. The molecule has 1 aliphatic rings. The number of unbranched alkanes of at least 4 members (excludes halogenated alkanes) is 2. The molecule has 5 atom stereocenters. The summed E-state index contributed by atoms with van der Waals surface area (Å²) in [6, 6.07) is 0. The van der Waals surface area contributed by atoms with Crippen molar-refractivity contribution < 1.29 is 24.1 Å². The summed E-state index contributed by atoms with van der Waals surface area (Å²) < 4.78 is 16.9. The third kappa shape index (κ3) is 5.41. The van der Waals surface area contributed by atoms with Crippen LogP contribution in [0.3, 0.4) is 0 Å². The van der Waals surface area contributed by atoms with Crippen LogP contribution in [0.4, 0.5) is 0 Å². The van der Waals surface area contributed by atoms with Gasteiger partial charge in [-0.05, 0) is 19.3 Å². The van der Waals surface area contributed by atoms with Crippen LogP contribution >= 0.6 is 0 Å². The minimum Gasteiger partial charge on any atom is -0.459 e. The lowest BCUT2D eigenvalue weighted by atomic mass is 9.84. The van der Waals surface area contributed by atoms with Gasteiger partial charge < -0.3 is 19.3 Å². The van der Waals surface area contributed by atoms with Gasteiger partial charge in [-0.2, -0.15) is 0 Å². The molecular formula is C16H28O5. The normalized spacial score (nSPS) is 32.7. The molecular weight excluding hydrogens is 272 g/mol. The Morgan fingerprint density at radius 1 is 1.33 bits per heavy atom. The first-order chi connectivity index (χ1) is 10.0. The summed E-state index contributed by atoms with van der Waals surface area (Å²) in [5.74, 6) is -0.195. The van der Waals surface area contributed by atoms with E-state index in [1.165, 1.54) is 6.92 Å². The Morgan fingerprint density at radius 2 is 2.05 bits per heavy atom. The highest BCUT2D eigenvalue weighted by atomic mass is 16.7. The summed E-state index contributed by atoms with van der Waals surface area (Å²) in [6.07, 6.45) is 3.54. The zero-order chi connectivity index (χ0) is 15.8.